The molecule has 0 heterocycles. The summed E-state index contributed by atoms with van der Waals surface area (Å²) >= 11 is 0. The van der Waals surface area contributed by atoms with Crippen LogP contribution in [0.15, 0.2) is 0 Å². The molecule has 0 aromatic heterocycles. The highest BCUT2D eigenvalue weighted by molar-refractivity contribution is 4.70. The summed E-state index contributed by atoms with van der Waals surface area (Å²) in [5, 5.41) is 3.49. The zero-order valence-electron chi connectivity index (χ0n) is 10.4. The highest BCUT2D eigenvalue weighted by Crippen LogP contribution is 2.17. The lowest BCUT2D eigenvalue weighted by Gasteiger charge is -2.23. The fourth-order valence-electron chi connectivity index (χ4n) is 1.35. The van der Waals surface area contributed by atoms with Crippen LogP contribution in [0.1, 0.15) is 53.4 Å². The van der Waals surface area contributed by atoms with Crippen molar-refractivity contribution in [3.8, 4) is 0 Å². The molecular formula is C12H28N2. The summed E-state index contributed by atoms with van der Waals surface area (Å²) in [5.41, 5.74) is 6.35. The Hall–Kier alpha value is -0.0800. The Morgan fingerprint density at radius 3 is 2.36 bits per heavy atom. The smallest absolute Gasteiger partial charge is 0.00508 e. The van der Waals surface area contributed by atoms with E-state index < -0.39 is 0 Å². The van der Waals surface area contributed by atoms with Gasteiger partial charge in [-0.15, -0.1) is 0 Å². The van der Waals surface area contributed by atoms with Gasteiger partial charge < -0.3 is 11.1 Å². The first kappa shape index (κ1) is 13.9. The van der Waals surface area contributed by atoms with E-state index in [4.69, 9.17) is 5.73 Å². The third-order valence-electron chi connectivity index (χ3n) is 2.91. The molecule has 1 atom stereocenters. The van der Waals surface area contributed by atoms with E-state index in [0.29, 0.717) is 11.5 Å². The van der Waals surface area contributed by atoms with Crippen molar-refractivity contribution < 1.29 is 0 Å². The van der Waals surface area contributed by atoms with Crippen molar-refractivity contribution in [3.05, 3.63) is 0 Å². The summed E-state index contributed by atoms with van der Waals surface area (Å²) in [5.74, 6) is 0. The van der Waals surface area contributed by atoms with Gasteiger partial charge in [-0.1, -0.05) is 34.1 Å². The van der Waals surface area contributed by atoms with E-state index >= 15 is 0 Å². The molecule has 0 aliphatic heterocycles. The summed E-state index contributed by atoms with van der Waals surface area (Å²) in [6, 6.07) is 0.386. The molecule has 0 spiro atoms. The average Bonchev–Trinajstić information content (AvgIpc) is 2.13. The number of hydrogen-bond acceptors (Lipinski definition) is 2. The second-order valence-electron chi connectivity index (χ2n) is 5.03. The van der Waals surface area contributed by atoms with E-state index in [1.807, 2.05) is 0 Å². The SMILES string of the molecule is CCCC(N)CCNCC(C)(C)CC. The molecule has 1 unspecified atom stereocenters. The molecular weight excluding hydrogens is 172 g/mol. The third-order valence-corrected chi connectivity index (χ3v) is 2.91. The van der Waals surface area contributed by atoms with Gasteiger partial charge in [0, 0.05) is 12.6 Å². The molecule has 0 saturated carbocycles. The van der Waals surface area contributed by atoms with Gasteiger partial charge in [0.05, 0.1) is 0 Å². The van der Waals surface area contributed by atoms with Gasteiger partial charge in [0.2, 0.25) is 0 Å². The van der Waals surface area contributed by atoms with Gasteiger partial charge in [-0.05, 0) is 31.2 Å². The third kappa shape index (κ3) is 7.34. The van der Waals surface area contributed by atoms with E-state index in [-0.39, 0.29) is 0 Å². The van der Waals surface area contributed by atoms with Crippen LogP contribution in [-0.4, -0.2) is 19.1 Å². The molecule has 0 rings (SSSR count). The Bertz CT molecular complexity index is 132. The zero-order chi connectivity index (χ0) is 11.0. The molecule has 0 fully saturated rings. The molecule has 14 heavy (non-hydrogen) atoms. The molecule has 0 aliphatic carbocycles. The second kappa shape index (κ2) is 7.24. The lowest BCUT2D eigenvalue weighted by atomic mass is 9.90. The first-order valence-corrected chi connectivity index (χ1v) is 5.98. The standard InChI is InChI=1S/C12H28N2/c1-5-7-11(13)8-9-14-10-12(3,4)6-2/h11,14H,5-10,13H2,1-4H3. The topological polar surface area (TPSA) is 38.0 Å². The fraction of sp³-hybridized carbons (Fsp3) is 1.00. The van der Waals surface area contributed by atoms with Crippen LogP contribution in [0, 0.1) is 5.41 Å². The lowest BCUT2D eigenvalue weighted by molar-refractivity contribution is 0.325. The van der Waals surface area contributed by atoms with E-state index in [0.717, 1.165) is 25.9 Å². The molecule has 0 radical (unpaired) electrons. The molecule has 3 N–H and O–H groups in total. The van der Waals surface area contributed by atoms with E-state index in [1.165, 1.54) is 12.8 Å². The molecule has 2 heteroatoms. The predicted octanol–water partition coefficient (Wildman–Crippen LogP) is 2.53. The highest BCUT2D eigenvalue weighted by atomic mass is 14.9. The van der Waals surface area contributed by atoms with E-state index in [1.54, 1.807) is 0 Å². The summed E-state index contributed by atoms with van der Waals surface area (Å²) in [6.07, 6.45) is 4.68. The monoisotopic (exact) mass is 200 g/mol. The molecule has 0 bridgehead atoms. The van der Waals surface area contributed by atoms with Crippen LogP contribution < -0.4 is 11.1 Å². The molecule has 0 amide bonds. The Kier molecular flexibility index (Phi) is 7.20. The number of rotatable bonds is 8. The van der Waals surface area contributed by atoms with Crippen LogP contribution in [0.5, 0.6) is 0 Å². The van der Waals surface area contributed by atoms with Crippen molar-refractivity contribution in [1.29, 1.82) is 0 Å². The number of nitrogens with two attached hydrogens (primary N) is 1. The minimum Gasteiger partial charge on any atom is -0.328 e. The molecule has 0 aromatic carbocycles. The first-order valence-electron chi connectivity index (χ1n) is 5.98. The van der Waals surface area contributed by atoms with Crippen LogP contribution in [0.3, 0.4) is 0 Å². The maximum atomic E-state index is 5.93. The van der Waals surface area contributed by atoms with Gasteiger partial charge in [-0.2, -0.15) is 0 Å². The maximum absolute atomic E-state index is 5.93. The van der Waals surface area contributed by atoms with Gasteiger partial charge in [-0.3, -0.25) is 0 Å². The van der Waals surface area contributed by atoms with Crippen molar-refractivity contribution in [1.82, 2.24) is 5.32 Å². The Labute approximate surface area is 89.6 Å². The minimum atomic E-state index is 0.386. The van der Waals surface area contributed by atoms with Crippen LogP contribution in [-0.2, 0) is 0 Å². The number of hydrogen-bond donors (Lipinski definition) is 2. The summed E-state index contributed by atoms with van der Waals surface area (Å²) in [6.45, 7) is 11.2. The van der Waals surface area contributed by atoms with Crippen molar-refractivity contribution in [2.45, 2.75) is 59.4 Å². The normalized spacial score (nSPS) is 14.4. The zero-order valence-corrected chi connectivity index (χ0v) is 10.4. The first-order chi connectivity index (χ1) is 6.52. The lowest BCUT2D eigenvalue weighted by Crippen LogP contribution is -2.32. The van der Waals surface area contributed by atoms with E-state index in [9.17, 15) is 0 Å². The molecule has 0 aromatic rings. The van der Waals surface area contributed by atoms with Crippen molar-refractivity contribution in [2.75, 3.05) is 13.1 Å². The summed E-state index contributed by atoms with van der Waals surface area (Å²) in [4.78, 5) is 0. The highest BCUT2D eigenvalue weighted by Gasteiger charge is 2.13. The number of nitrogens with one attached hydrogen (secondary N) is 1. The molecule has 86 valence electrons. The second-order valence-corrected chi connectivity index (χ2v) is 5.03. The van der Waals surface area contributed by atoms with Gasteiger partial charge in [0.1, 0.15) is 0 Å². The van der Waals surface area contributed by atoms with Gasteiger partial charge in [-0.25, -0.2) is 0 Å². The van der Waals surface area contributed by atoms with Crippen molar-refractivity contribution in [2.24, 2.45) is 11.1 Å². The van der Waals surface area contributed by atoms with Crippen molar-refractivity contribution in [3.63, 3.8) is 0 Å². The molecule has 0 saturated heterocycles. The average molecular weight is 200 g/mol. The van der Waals surface area contributed by atoms with Crippen LogP contribution in [0.2, 0.25) is 0 Å². The van der Waals surface area contributed by atoms with Crippen LogP contribution in [0.4, 0.5) is 0 Å². The predicted molar refractivity (Wildman–Crippen MR) is 64.4 cm³/mol. The van der Waals surface area contributed by atoms with E-state index in [2.05, 4.69) is 33.0 Å². The van der Waals surface area contributed by atoms with Gasteiger partial charge in [0.25, 0.3) is 0 Å². The Morgan fingerprint density at radius 2 is 1.86 bits per heavy atom. The Balaban J connectivity index is 3.37. The van der Waals surface area contributed by atoms with Crippen LogP contribution >= 0.6 is 0 Å². The largest absolute Gasteiger partial charge is 0.328 e. The van der Waals surface area contributed by atoms with Crippen LogP contribution in [0.25, 0.3) is 0 Å². The summed E-state index contributed by atoms with van der Waals surface area (Å²) < 4.78 is 0. The summed E-state index contributed by atoms with van der Waals surface area (Å²) in [7, 11) is 0. The van der Waals surface area contributed by atoms with Gasteiger partial charge >= 0.3 is 0 Å². The van der Waals surface area contributed by atoms with Gasteiger partial charge in [0.15, 0.2) is 0 Å². The molecule has 0 aliphatic rings. The maximum Gasteiger partial charge on any atom is 0.00508 e. The fourth-order valence-corrected chi connectivity index (χ4v) is 1.35. The van der Waals surface area contributed by atoms with Crippen molar-refractivity contribution >= 4 is 0 Å². The Morgan fingerprint density at radius 1 is 1.21 bits per heavy atom. The molecule has 2 nitrogen and oxygen atoms in total. The minimum absolute atomic E-state index is 0.386. The quantitative estimate of drug-likeness (QED) is 0.591.